The van der Waals surface area contributed by atoms with Gasteiger partial charge in [-0.25, -0.2) is 4.79 Å². The van der Waals surface area contributed by atoms with E-state index in [0.29, 0.717) is 45.4 Å². The summed E-state index contributed by atoms with van der Waals surface area (Å²) in [4.78, 5) is 25.2. The zero-order valence-electron chi connectivity index (χ0n) is 21.3. The number of benzene rings is 3. The maximum absolute atomic E-state index is 13.1. The van der Waals surface area contributed by atoms with Crippen LogP contribution in [0.15, 0.2) is 60.7 Å². The van der Waals surface area contributed by atoms with E-state index in [1.807, 2.05) is 36.4 Å². The number of ketones is 1. The number of allylic oxidation sites excluding steroid dienone is 1. The Labute approximate surface area is 252 Å². The third kappa shape index (κ3) is 6.75. The zero-order chi connectivity index (χ0) is 27.2. The second-order valence-electron chi connectivity index (χ2n) is 8.03. The minimum absolute atomic E-state index is 0. The van der Waals surface area contributed by atoms with Crippen molar-refractivity contribution in [3.8, 4) is 39.2 Å². The first kappa shape index (κ1) is 30.0. The first-order valence-electron chi connectivity index (χ1n) is 11.5. The van der Waals surface area contributed by atoms with Crippen LogP contribution in [0.1, 0.15) is 15.9 Å². The van der Waals surface area contributed by atoms with Crippen LogP contribution in [0.5, 0.6) is 28.7 Å². The Morgan fingerprint density at radius 2 is 1.51 bits per heavy atom. The number of hydrogen-bond donors (Lipinski definition) is 1. The quantitative estimate of drug-likeness (QED) is 0.150. The number of aliphatic carboxylic acids is 1. The first-order valence-corrected chi connectivity index (χ1v) is 12.3. The van der Waals surface area contributed by atoms with Gasteiger partial charge in [0.2, 0.25) is 5.75 Å². The number of ether oxygens (including phenoxy) is 5. The van der Waals surface area contributed by atoms with E-state index < -0.39 is 12.6 Å². The van der Waals surface area contributed by atoms with Crippen molar-refractivity contribution in [2.45, 2.75) is 0 Å². The Bertz CT molecular complexity index is 1470. The molecule has 8 nitrogen and oxygen atoms in total. The van der Waals surface area contributed by atoms with E-state index >= 15 is 0 Å². The molecule has 1 heterocycles. The number of methoxy groups -OCH3 is 4. The van der Waals surface area contributed by atoms with Crippen molar-refractivity contribution >= 4 is 68.8 Å². The van der Waals surface area contributed by atoms with Crippen LogP contribution >= 0.6 is 11.3 Å². The van der Waals surface area contributed by atoms with Gasteiger partial charge in [0.1, 0.15) is 11.5 Å². The van der Waals surface area contributed by atoms with Crippen LogP contribution in [0.4, 0.5) is 0 Å². The average molecular weight is 559 g/mol. The fourth-order valence-corrected chi connectivity index (χ4v) is 5.02. The van der Waals surface area contributed by atoms with Gasteiger partial charge in [0.25, 0.3) is 0 Å². The minimum atomic E-state index is -1.09. The van der Waals surface area contributed by atoms with Crippen molar-refractivity contribution in [1.29, 1.82) is 0 Å². The molecule has 0 saturated heterocycles. The predicted octanol–water partition coefficient (Wildman–Crippen LogP) is 5.31. The summed E-state index contributed by atoms with van der Waals surface area (Å²) in [6.45, 7) is -0.504. The van der Waals surface area contributed by atoms with E-state index in [1.54, 1.807) is 35.6 Å². The van der Waals surface area contributed by atoms with Gasteiger partial charge in [0.05, 0.1) is 28.4 Å². The number of carboxylic acid groups (broad SMARTS) is 1. The molecule has 0 saturated carbocycles. The molecule has 1 N–H and O–H groups in total. The van der Waals surface area contributed by atoms with Crippen LogP contribution in [-0.2, 0) is 4.79 Å². The molecule has 198 valence electrons. The van der Waals surface area contributed by atoms with E-state index in [0.717, 1.165) is 15.0 Å². The molecular formula is C29H27NaO8S. The molecular weight excluding hydrogens is 531 g/mol. The Kier molecular flexibility index (Phi) is 10.4. The van der Waals surface area contributed by atoms with Crippen LogP contribution in [0, 0.1) is 0 Å². The van der Waals surface area contributed by atoms with Gasteiger partial charge in [0.15, 0.2) is 23.9 Å². The van der Waals surface area contributed by atoms with Gasteiger partial charge in [-0.05, 0) is 47.9 Å². The van der Waals surface area contributed by atoms with Gasteiger partial charge in [-0.2, -0.15) is 0 Å². The molecule has 0 spiro atoms. The van der Waals surface area contributed by atoms with Gasteiger partial charge < -0.3 is 28.8 Å². The fourth-order valence-electron chi connectivity index (χ4n) is 3.94. The van der Waals surface area contributed by atoms with Crippen LogP contribution in [0.2, 0.25) is 0 Å². The van der Waals surface area contributed by atoms with Crippen molar-refractivity contribution in [2.75, 3.05) is 35.0 Å². The van der Waals surface area contributed by atoms with Crippen molar-refractivity contribution in [3.05, 3.63) is 71.8 Å². The number of rotatable bonds is 11. The van der Waals surface area contributed by atoms with Gasteiger partial charge in [-0.3, -0.25) is 4.79 Å². The molecule has 10 heteroatoms. The molecule has 0 fully saturated rings. The summed E-state index contributed by atoms with van der Waals surface area (Å²) in [6, 6.07) is 16.6. The number of thiophene rings is 1. The first-order chi connectivity index (χ1) is 18.4. The topological polar surface area (TPSA) is 101 Å². The van der Waals surface area contributed by atoms with Crippen LogP contribution in [0.3, 0.4) is 0 Å². The molecule has 0 unspecified atom stereocenters. The number of carbonyl (C=O) groups is 2. The van der Waals surface area contributed by atoms with Crippen LogP contribution in [0.25, 0.3) is 26.6 Å². The maximum atomic E-state index is 13.1. The summed E-state index contributed by atoms with van der Waals surface area (Å²) < 4.78 is 28.3. The zero-order valence-corrected chi connectivity index (χ0v) is 22.1. The van der Waals surface area contributed by atoms with Crippen molar-refractivity contribution in [1.82, 2.24) is 0 Å². The van der Waals surface area contributed by atoms with Crippen molar-refractivity contribution in [3.63, 3.8) is 0 Å². The summed E-state index contributed by atoms with van der Waals surface area (Å²) >= 11 is 1.55. The molecule has 4 rings (SSSR count). The number of carbonyl (C=O) groups excluding carboxylic acids is 1. The monoisotopic (exact) mass is 558 g/mol. The van der Waals surface area contributed by atoms with Crippen LogP contribution < -0.4 is 23.7 Å². The Balaban J connectivity index is 0.00000420. The van der Waals surface area contributed by atoms with Crippen molar-refractivity contribution < 1.29 is 38.4 Å². The number of carboxylic acids is 1. The Morgan fingerprint density at radius 1 is 0.846 bits per heavy atom. The van der Waals surface area contributed by atoms with E-state index in [-0.39, 0.29) is 35.3 Å². The van der Waals surface area contributed by atoms with Gasteiger partial charge in [-0.15, -0.1) is 11.3 Å². The second-order valence-corrected chi connectivity index (χ2v) is 9.12. The summed E-state index contributed by atoms with van der Waals surface area (Å²) in [6.07, 6.45) is 3.06. The molecule has 1 aromatic heterocycles. The van der Waals surface area contributed by atoms with Crippen molar-refractivity contribution in [2.24, 2.45) is 0 Å². The molecule has 0 atom stereocenters. The van der Waals surface area contributed by atoms with Gasteiger partial charge in [-0.1, -0.05) is 18.2 Å². The van der Waals surface area contributed by atoms with Gasteiger partial charge in [0, 0.05) is 32.3 Å². The second kappa shape index (κ2) is 13.5. The van der Waals surface area contributed by atoms with E-state index in [4.69, 9.17) is 28.8 Å². The van der Waals surface area contributed by atoms with E-state index in [1.165, 1.54) is 34.5 Å². The normalized spacial score (nSPS) is 10.7. The predicted molar refractivity (Wildman–Crippen MR) is 154 cm³/mol. The standard InChI is InChI=1S/C29H26O8S.Na.H/c1-33-22-15-23(37-16-28(31)32)20(27-14-18-7-5-6-8-26(18)38-27)11-17(22)9-10-21(30)19-12-24(34-2)29(36-4)25(13-19)35-3;;/h5-15H,16H2,1-4H3,(H,31,32);;/b10-9+;;. The summed E-state index contributed by atoms with van der Waals surface area (Å²) in [5.74, 6) is 0.531. The third-order valence-corrected chi connectivity index (χ3v) is 6.89. The Morgan fingerprint density at radius 3 is 2.10 bits per heavy atom. The summed E-state index contributed by atoms with van der Waals surface area (Å²) in [5, 5.41) is 10.2. The number of fused-ring (bicyclic) bond motifs is 1. The third-order valence-electron chi connectivity index (χ3n) is 5.74. The summed E-state index contributed by atoms with van der Waals surface area (Å²) in [5.41, 5.74) is 1.65. The van der Waals surface area contributed by atoms with E-state index in [2.05, 4.69) is 0 Å². The number of hydrogen-bond acceptors (Lipinski definition) is 8. The molecule has 0 radical (unpaired) electrons. The molecule has 39 heavy (non-hydrogen) atoms. The fraction of sp³-hybridized carbons (Fsp3) is 0.172. The molecule has 0 bridgehead atoms. The average Bonchev–Trinajstić information content (AvgIpc) is 3.37. The Hall–Kier alpha value is -3.50. The molecule has 0 aliphatic heterocycles. The molecule has 0 amide bonds. The molecule has 3 aromatic carbocycles. The molecule has 0 aliphatic rings. The summed E-state index contributed by atoms with van der Waals surface area (Å²) in [7, 11) is 5.95. The van der Waals surface area contributed by atoms with Crippen LogP contribution in [-0.4, -0.2) is 81.5 Å². The molecule has 4 aromatic rings. The van der Waals surface area contributed by atoms with E-state index in [9.17, 15) is 9.59 Å². The molecule has 0 aliphatic carbocycles. The SMILES string of the molecule is COc1cc(OCC(=O)O)c(-c2cc3ccccc3s2)cc1/C=C/C(=O)c1cc(OC)c(OC)c(OC)c1.[NaH]. The van der Waals surface area contributed by atoms with Gasteiger partial charge >= 0.3 is 35.5 Å².